The van der Waals surface area contributed by atoms with Crippen molar-refractivity contribution in [2.45, 2.75) is 13.3 Å². The van der Waals surface area contributed by atoms with Gasteiger partial charge in [0.15, 0.2) is 0 Å². The summed E-state index contributed by atoms with van der Waals surface area (Å²) in [5.74, 6) is 0.387. The number of carbonyl (C=O) groups is 1. The van der Waals surface area contributed by atoms with Gasteiger partial charge in [-0.1, -0.05) is 37.3 Å². The average molecular weight is 256 g/mol. The summed E-state index contributed by atoms with van der Waals surface area (Å²) < 4.78 is 5.67. The molecule has 0 spiro atoms. The maximum atomic E-state index is 10.8. The van der Waals surface area contributed by atoms with E-state index in [2.05, 4.69) is 0 Å². The predicted octanol–water partition coefficient (Wildman–Crippen LogP) is 3.74. The molecular weight excluding hydrogens is 240 g/mol. The van der Waals surface area contributed by atoms with Gasteiger partial charge in [-0.05, 0) is 36.2 Å². The maximum Gasteiger partial charge on any atom is 0.306 e. The van der Waals surface area contributed by atoms with Crippen molar-refractivity contribution in [1.29, 1.82) is 0 Å². The van der Waals surface area contributed by atoms with Crippen LogP contribution in [0.2, 0.25) is 0 Å². The van der Waals surface area contributed by atoms with Crippen LogP contribution in [0.1, 0.15) is 12.5 Å². The quantitative estimate of drug-likeness (QED) is 0.886. The van der Waals surface area contributed by atoms with Gasteiger partial charge in [-0.15, -0.1) is 0 Å². The minimum Gasteiger partial charge on any atom is -0.481 e. The molecule has 0 saturated carbocycles. The zero-order valence-electron chi connectivity index (χ0n) is 10.7. The van der Waals surface area contributed by atoms with Crippen LogP contribution >= 0.6 is 0 Å². The first-order valence-corrected chi connectivity index (χ1v) is 6.20. The van der Waals surface area contributed by atoms with Crippen LogP contribution in [0.15, 0.2) is 54.6 Å². The fourth-order valence-electron chi connectivity index (χ4n) is 1.76. The summed E-state index contributed by atoms with van der Waals surface area (Å²) in [6.07, 6.45) is 0.529. The van der Waals surface area contributed by atoms with E-state index in [1.807, 2.05) is 54.6 Å². The lowest BCUT2D eigenvalue weighted by molar-refractivity contribution is -0.141. The molecule has 1 N–H and O–H groups in total. The molecule has 2 aromatic carbocycles. The smallest absolute Gasteiger partial charge is 0.306 e. The van der Waals surface area contributed by atoms with E-state index in [1.165, 1.54) is 0 Å². The number of hydrogen-bond donors (Lipinski definition) is 1. The highest BCUT2D eigenvalue weighted by Crippen LogP contribution is 2.21. The summed E-state index contributed by atoms with van der Waals surface area (Å²) >= 11 is 0. The number of aliphatic carboxylic acids is 1. The molecule has 0 aliphatic heterocycles. The number of rotatable bonds is 5. The predicted molar refractivity (Wildman–Crippen MR) is 73.5 cm³/mol. The third kappa shape index (κ3) is 3.85. The molecule has 0 radical (unpaired) electrons. The number of para-hydroxylation sites is 1. The fraction of sp³-hybridized carbons (Fsp3) is 0.188. The summed E-state index contributed by atoms with van der Waals surface area (Å²) in [5.41, 5.74) is 0.996. The summed E-state index contributed by atoms with van der Waals surface area (Å²) in [5, 5.41) is 8.87. The molecule has 0 amide bonds. The molecule has 3 heteroatoms. The molecule has 0 aromatic heterocycles. The van der Waals surface area contributed by atoms with E-state index in [1.54, 1.807) is 6.92 Å². The summed E-state index contributed by atoms with van der Waals surface area (Å²) in [4.78, 5) is 10.8. The van der Waals surface area contributed by atoms with Crippen molar-refractivity contribution in [1.82, 2.24) is 0 Å². The van der Waals surface area contributed by atoms with Crippen molar-refractivity contribution in [2.24, 2.45) is 5.92 Å². The fourth-order valence-corrected chi connectivity index (χ4v) is 1.76. The Labute approximate surface area is 112 Å². The van der Waals surface area contributed by atoms with Gasteiger partial charge in [0.2, 0.25) is 0 Å². The third-order valence-electron chi connectivity index (χ3n) is 2.87. The minimum atomic E-state index is -0.774. The van der Waals surface area contributed by atoms with Gasteiger partial charge in [0.05, 0.1) is 5.92 Å². The molecule has 0 fully saturated rings. The zero-order valence-corrected chi connectivity index (χ0v) is 10.7. The second kappa shape index (κ2) is 6.05. The van der Waals surface area contributed by atoms with Crippen molar-refractivity contribution in [2.75, 3.05) is 0 Å². The molecule has 3 nitrogen and oxygen atoms in total. The van der Waals surface area contributed by atoms with E-state index in [0.29, 0.717) is 6.42 Å². The van der Waals surface area contributed by atoms with Crippen LogP contribution in [-0.2, 0) is 11.2 Å². The van der Waals surface area contributed by atoms with E-state index in [4.69, 9.17) is 9.84 Å². The van der Waals surface area contributed by atoms with Gasteiger partial charge in [0.25, 0.3) is 0 Å². The Balaban J connectivity index is 2.01. The van der Waals surface area contributed by atoms with Crippen molar-refractivity contribution in [3.8, 4) is 11.5 Å². The van der Waals surface area contributed by atoms with Crippen molar-refractivity contribution in [3.05, 3.63) is 60.2 Å². The van der Waals surface area contributed by atoms with Gasteiger partial charge in [-0.25, -0.2) is 0 Å². The minimum absolute atomic E-state index is 0.374. The number of carboxylic acid groups (broad SMARTS) is 1. The number of hydrogen-bond acceptors (Lipinski definition) is 2. The molecule has 1 unspecified atom stereocenters. The molecule has 0 aliphatic carbocycles. The highest BCUT2D eigenvalue weighted by Gasteiger charge is 2.11. The Morgan fingerprint density at radius 2 is 1.63 bits per heavy atom. The Hall–Kier alpha value is -2.29. The van der Waals surface area contributed by atoms with Gasteiger partial charge in [0.1, 0.15) is 11.5 Å². The second-order valence-corrected chi connectivity index (χ2v) is 4.50. The van der Waals surface area contributed by atoms with Crippen LogP contribution < -0.4 is 4.74 Å². The SMILES string of the molecule is CC(Cc1ccc(Oc2ccccc2)cc1)C(=O)O. The van der Waals surface area contributed by atoms with Crippen LogP contribution in [0.4, 0.5) is 0 Å². The van der Waals surface area contributed by atoms with E-state index in [9.17, 15) is 4.79 Å². The first-order valence-electron chi connectivity index (χ1n) is 6.20. The van der Waals surface area contributed by atoms with Crippen molar-refractivity contribution < 1.29 is 14.6 Å². The highest BCUT2D eigenvalue weighted by molar-refractivity contribution is 5.69. The van der Waals surface area contributed by atoms with Crippen molar-refractivity contribution >= 4 is 5.97 Å². The van der Waals surface area contributed by atoms with Crippen LogP contribution in [0.5, 0.6) is 11.5 Å². The average Bonchev–Trinajstić information content (AvgIpc) is 2.42. The number of carboxylic acids is 1. The third-order valence-corrected chi connectivity index (χ3v) is 2.87. The van der Waals surface area contributed by atoms with Gasteiger partial charge >= 0.3 is 5.97 Å². The lowest BCUT2D eigenvalue weighted by atomic mass is 10.0. The summed E-state index contributed by atoms with van der Waals surface area (Å²) in [6, 6.07) is 17.1. The second-order valence-electron chi connectivity index (χ2n) is 4.50. The van der Waals surface area contributed by atoms with Crippen LogP contribution in [0.3, 0.4) is 0 Å². The topological polar surface area (TPSA) is 46.5 Å². The van der Waals surface area contributed by atoms with E-state index >= 15 is 0 Å². The Bertz CT molecular complexity index is 532. The van der Waals surface area contributed by atoms with E-state index < -0.39 is 5.97 Å². The number of benzene rings is 2. The molecule has 0 saturated heterocycles. The van der Waals surface area contributed by atoms with Crippen molar-refractivity contribution in [3.63, 3.8) is 0 Å². The van der Waals surface area contributed by atoms with Gasteiger partial charge in [-0.2, -0.15) is 0 Å². The molecule has 0 heterocycles. The van der Waals surface area contributed by atoms with Crippen LogP contribution in [0.25, 0.3) is 0 Å². The number of ether oxygens (including phenoxy) is 1. The molecular formula is C16H16O3. The van der Waals surface area contributed by atoms with E-state index in [-0.39, 0.29) is 5.92 Å². The first kappa shape index (κ1) is 13.1. The molecule has 19 heavy (non-hydrogen) atoms. The molecule has 2 aromatic rings. The Kier molecular flexibility index (Phi) is 4.18. The monoisotopic (exact) mass is 256 g/mol. The maximum absolute atomic E-state index is 10.8. The molecule has 0 bridgehead atoms. The Morgan fingerprint density at radius 3 is 2.21 bits per heavy atom. The summed E-state index contributed by atoms with van der Waals surface area (Å²) in [7, 11) is 0. The van der Waals surface area contributed by atoms with Crippen LogP contribution in [-0.4, -0.2) is 11.1 Å². The summed E-state index contributed by atoms with van der Waals surface area (Å²) in [6.45, 7) is 1.71. The normalized spacial score (nSPS) is 11.8. The van der Waals surface area contributed by atoms with Gasteiger partial charge in [-0.3, -0.25) is 4.79 Å². The molecule has 0 aliphatic rings. The lowest BCUT2D eigenvalue weighted by Gasteiger charge is -2.08. The van der Waals surface area contributed by atoms with Gasteiger partial charge < -0.3 is 9.84 Å². The van der Waals surface area contributed by atoms with Crippen LogP contribution in [0, 0.1) is 5.92 Å². The zero-order chi connectivity index (χ0) is 13.7. The largest absolute Gasteiger partial charge is 0.481 e. The standard InChI is InChI=1S/C16H16O3/c1-12(16(17)18)11-13-7-9-15(10-8-13)19-14-5-3-2-4-6-14/h2-10,12H,11H2,1H3,(H,17,18). The van der Waals surface area contributed by atoms with Gasteiger partial charge in [0, 0.05) is 0 Å². The lowest BCUT2D eigenvalue weighted by Crippen LogP contribution is -2.12. The Morgan fingerprint density at radius 1 is 1.05 bits per heavy atom. The molecule has 2 rings (SSSR count). The molecule has 1 atom stereocenters. The first-order chi connectivity index (χ1) is 9.15. The molecule has 98 valence electrons. The highest BCUT2D eigenvalue weighted by atomic mass is 16.5. The van der Waals surface area contributed by atoms with E-state index in [0.717, 1.165) is 17.1 Å².